The van der Waals surface area contributed by atoms with Crippen molar-refractivity contribution in [2.24, 2.45) is 0 Å². The number of hydrogen-bond acceptors (Lipinski definition) is 4. The Kier molecular flexibility index (Phi) is 4.68. The molecule has 0 aliphatic heterocycles. The second-order valence-corrected chi connectivity index (χ2v) is 3.63. The number of rotatable bonds is 5. The number of aromatic nitrogens is 2. The lowest BCUT2D eigenvalue weighted by Crippen LogP contribution is -2.21. The third kappa shape index (κ3) is 3.90. The van der Waals surface area contributed by atoms with E-state index in [1.165, 1.54) is 13.0 Å². The Morgan fingerprint density at radius 3 is 2.71 bits per heavy atom. The van der Waals surface area contributed by atoms with Crippen molar-refractivity contribution in [1.82, 2.24) is 9.78 Å². The topological polar surface area (TPSA) is 81.2 Å². The van der Waals surface area contributed by atoms with Crippen molar-refractivity contribution >= 4 is 11.9 Å². The summed E-state index contributed by atoms with van der Waals surface area (Å²) in [6, 6.07) is 1.37. The van der Waals surface area contributed by atoms with Gasteiger partial charge in [0.1, 0.15) is 0 Å². The molecule has 1 rings (SSSR count). The zero-order chi connectivity index (χ0) is 12.8. The van der Waals surface area contributed by atoms with E-state index < -0.39 is 0 Å². The first-order chi connectivity index (χ1) is 8.04. The predicted octanol–water partition coefficient (Wildman–Crippen LogP) is 0.722. The monoisotopic (exact) mass is 240 g/mol. The van der Waals surface area contributed by atoms with Gasteiger partial charge in [0.05, 0.1) is 6.61 Å². The molecule has 0 unspecified atom stereocenters. The van der Waals surface area contributed by atoms with Crippen molar-refractivity contribution in [3.63, 3.8) is 0 Å². The Bertz CT molecular complexity index is 458. The van der Waals surface area contributed by atoms with Gasteiger partial charge in [-0.05, 0) is 19.8 Å². The van der Waals surface area contributed by atoms with Crippen LogP contribution in [0.3, 0.4) is 0 Å². The SMILES string of the molecule is CCOC(=O)CCCc1cc(=O)n(C(C)=O)[nH]1. The van der Waals surface area contributed by atoms with Crippen LogP contribution in [0.1, 0.15) is 37.2 Å². The van der Waals surface area contributed by atoms with Crippen LogP contribution in [0.4, 0.5) is 0 Å². The molecule has 0 aromatic carbocycles. The summed E-state index contributed by atoms with van der Waals surface area (Å²) in [5.74, 6) is -0.604. The molecular formula is C11H16N2O4. The molecule has 1 aromatic heterocycles. The standard InChI is InChI=1S/C11H16N2O4/c1-3-17-11(16)6-4-5-9-7-10(15)13(12-9)8(2)14/h7,12H,3-6H2,1-2H3. The van der Waals surface area contributed by atoms with E-state index in [9.17, 15) is 14.4 Å². The highest BCUT2D eigenvalue weighted by atomic mass is 16.5. The quantitative estimate of drug-likeness (QED) is 0.769. The molecular weight excluding hydrogens is 224 g/mol. The van der Waals surface area contributed by atoms with Gasteiger partial charge in [0.2, 0.25) is 5.91 Å². The van der Waals surface area contributed by atoms with Gasteiger partial charge in [-0.1, -0.05) is 0 Å². The van der Waals surface area contributed by atoms with E-state index in [0.717, 1.165) is 4.68 Å². The molecule has 1 heterocycles. The molecule has 6 heteroatoms. The molecule has 17 heavy (non-hydrogen) atoms. The predicted molar refractivity (Wildman–Crippen MR) is 60.9 cm³/mol. The second-order valence-electron chi connectivity index (χ2n) is 3.63. The highest BCUT2D eigenvalue weighted by Gasteiger charge is 2.07. The van der Waals surface area contributed by atoms with Crippen LogP contribution in [0.5, 0.6) is 0 Å². The minimum Gasteiger partial charge on any atom is -0.466 e. The Balaban J connectivity index is 2.48. The summed E-state index contributed by atoms with van der Waals surface area (Å²) in [6.45, 7) is 3.43. The fourth-order valence-electron chi connectivity index (χ4n) is 1.46. The van der Waals surface area contributed by atoms with Crippen LogP contribution < -0.4 is 5.56 Å². The van der Waals surface area contributed by atoms with Gasteiger partial charge >= 0.3 is 5.97 Å². The summed E-state index contributed by atoms with van der Waals surface area (Å²) in [5.41, 5.74) is 0.276. The van der Waals surface area contributed by atoms with E-state index in [4.69, 9.17) is 4.74 Å². The van der Waals surface area contributed by atoms with Crippen LogP contribution in [0.15, 0.2) is 10.9 Å². The third-order valence-electron chi connectivity index (χ3n) is 2.22. The normalized spacial score (nSPS) is 10.2. The van der Waals surface area contributed by atoms with E-state index in [-0.39, 0.29) is 17.4 Å². The van der Waals surface area contributed by atoms with Crippen molar-refractivity contribution in [1.29, 1.82) is 0 Å². The van der Waals surface area contributed by atoms with Gasteiger partial charge in [0.15, 0.2) is 0 Å². The van der Waals surface area contributed by atoms with Crippen molar-refractivity contribution in [2.75, 3.05) is 6.61 Å². The lowest BCUT2D eigenvalue weighted by Gasteiger charge is -2.00. The van der Waals surface area contributed by atoms with Crippen molar-refractivity contribution in [2.45, 2.75) is 33.1 Å². The number of aryl methyl sites for hydroxylation is 1. The van der Waals surface area contributed by atoms with Crippen molar-refractivity contribution < 1.29 is 14.3 Å². The molecule has 0 saturated carbocycles. The number of ether oxygens (including phenoxy) is 1. The molecule has 0 fully saturated rings. The average molecular weight is 240 g/mol. The van der Waals surface area contributed by atoms with Crippen molar-refractivity contribution in [3.8, 4) is 0 Å². The summed E-state index contributed by atoms with van der Waals surface area (Å²) in [7, 11) is 0. The summed E-state index contributed by atoms with van der Waals surface area (Å²) < 4.78 is 5.72. The molecule has 1 aromatic rings. The largest absolute Gasteiger partial charge is 0.466 e. The van der Waals surface area contributed by atoms with Crippen LogP contribution in [-0.4, -0.2) is 28.3 Å². The van der Waals surface area contributed by atoms with Gasteiger partial charge in [0.25, 0.3) is 5.56 Å². The minimum absolute atomic E-state index is 0.249. The first-order valence-corrected chi connectivity index (χ1v) is 5.52. The summed E-state index contributed by atoms with van der Waals surface area (Å²) in [4.78, 5) is 33.4. The molecule has 0 amide bonds. The zero-order valence-electron chi connectivity index (χ0n) is 9.99. The van der Waals surface area contributed by atoms with Gasteiger partial charge in [0, 0.05) is 25.1 Å². The maximum Gasteiger partial charge on any atom is 0.305 e. The smallest absolute Gasteiger partial charge is 0.305 e. The van der Waals surface area contributed by atoms with Crippen molar-refractivity contribution in [3.05, 3.63) is 22.1 Å². The minimum atomic E-state index is -0.372. The van der Waals surface area contributed by atoms with Crippen LogP contribution in [-0.2, 0) is 16.0 Å². The van der Waals surface area contributed by atoms with E-state index in [2.05, 4.69) is 5.10 Å². The maximum absolute atomic E-state index is 11.3. The molecule has 0 atom stereocenters. The number of carbonyl (C=O) groups excluding carboxylic acids is 2. The molecule has 1 N–H and O–H groups in total. The van der Waals surface area contributed by atoms with E-state index in [1.807, 2.05) is 0 Å². The lowest BCUT2D eigenvalue weighted by atomic mass is 10.2. The summed E-state index contributed by atoms with van der Waals surface area (Å²) >= 11 is 0. The Labute approximate surface area is 98.6 Å². The number of nitrogens with one attached hydrogen (secondary N) is 1. The van der Waals surface area contributed by atoms with Gasteiger partial charge in [-0.3, -0.25) is 19.5 Å². The fourth-order valence-corrected chi connectivity index (χ4v) is 1.46. The lowest BCUT2D eigenvalue weighted by molar-refractivity contribution is -0.143. The number of carbonyl (C=O) groups is 2. The van der Waals surface area contributed by atoms with E-state index >= 15 is 0 Å². The summed E-state index contributed by atoms with van der Waals surface area (Å²) in [5, 5.41) is 2.69. The molecule has 94 valence electrons. The maximum atomic E-state index is 11.3. The molecule has 0 bridgehead atoms. The number of nitrogens with zero attached hydrogens (tertiary/aromatic N) is 1. The van der Waals surface area contributed by atoms with Gasteiger partial charge in [-0.2, -0.15) is 4.68 Å². The number of hydrogen-bond donors (Lipinski definition) is 1. The van der Waals surface area contributed by atoms with Gasteiger partial charge in [-0.25, -0.2) is 0 Å². The highest BCUT2D eigenvalue weighted by molar-refractivity contribution is 5.74. The van der Waals surface area contributed by atoms with E-state index in [0.29, 0.717) is 31.6 Å². The highest BCUT2D eigenvalue weighted by Crippen LogP contribution is 2.01. The van der Waals surface area contributed by atoms with Crippen LogP contribution >= 0.6 is 0 Å². The third-order valence-corrected chi connectivity index (χ3v) is 2.22. The first kappa shape index (κ1) is 13.2. The average Bonchev–Trinajstić information content (AvgIpc) is 2.60. The number of H-pyrrole nitrogens is 1. The van der Waals surface area contributed by atoms with Gasteiger partial charge in [-0.15, -0.1) is 0 Å². The van der Waals surface area contributed by atoms with Crippen LogP contribution in [0, 0.1) is 0 Å². The Hall–Kier alpha value is -1.85. The molecule has 6 nitrogen and oxygen atoms in total. The molecule has 0 saturated heterocycles. The zero-order valence-corrected chi connectivity index (χ0v) is 9.99. The number of esters is 1. The first-order valence-electron chi connectivity index (χ1n) is 5.52. The molecule has 0 aliphatic rings. The number of aromatic amines is 1. The second kappa shape index (κ2) is 6.03. The van der Waals surface area contributed by atoms with E-state index in [1.54, 1.807) is 6.92 Å². The summed E-state index contributed by atoms with van der Waals surface area (Å²) in [6.07, 6.45) is 1.42. The Morgan fingerprint density at radius 2 is 2.18 bits per heavy atom. The van der Waals surface area contributed by atoms with Gasteiger partial charge < -0.3 is 4.74 Å². The molecule has 0 spiro atoms. The molecule has 0 radical (unpaired) electrons. The Morgan fingerprint density at radius 1 is 1.47 bits per heavy atom. The van der Waals surface area contributed by atoms with Crippen LogP contribution in [0.25, 0.3) is 0 Å². The fraction of sp³-hybridized carbons (Fsp3) is 0.545. The molecule has 0 aliphatic carbocycles. The van der Waals surface area contributed by atoms with Crippen LogP contribution in [0.2, 0.25) is 0 Å².